The van der Waals surface area contributed by atoms with Crippen LogP contribution in [0.3, 0.4) is 0 Å². The third-order valence-electron chi connectivity index (χ3n) is 4.05. The van der Waals surface area contributed by atoms with E-state index in [-0.39, 0.29) is 0 Å². The lowest BCUT2D eigenvalue weighted by Gasteiger charge is -2.13. The zero-order chi connectivity index (χ0) is 19.1. The molecule has 0 N–H and O–H groups in total. The van der Waals surface area contributed by atoms with Crippen molar-refractivity contribution < 1.29 is 9.66 Å². The number of ether oxygens (including phenoxy) is 1. The van der Waals surface area contributed by atoms with E-state index >= 15 is 0 Å². The lowest BCUT2D eigenvalue weighted by atomic mass is 9.99. The van der Waals surface area contributed by atoms with E-state index in [4.69, 9.17) is 4.74 Å². The molecule has 3 rings (SSSR count). The number of nitro groups is 1. The van der Waals surface area contributed by atoms with Crippen molar-refractivity contribution in [3.05, 3.63) is 100 Å². The third kappa shape index (κ3) is 4.99. The summed E-state index contributed by atoms with van der Waals surface area (Å²) in [5.41, 5.74) is 3.79. The Morgan fingerprint density at radius 2 is 1.74 bits per heavy atom. The molecule has 0 aliphatic carbocycles. The van der Waals surface area contributed by atoms with Crippen molar-refractivity contribution in [1.29, 1.82) is 0 Å². The molecule has 0 saturated heterocycles. The molecule has 0 unspecified atom stereocenters. The molecule has 0 aromatic heterocycles. The van der Waals surface area contributed by atoms with Gasteiger partial charge in [0, 0.05) is 11.0 Å². The van der Waals surface area contributed by atoms with Gasteiger partial charge < -0.3 is 4.74 Å². The van der Waals surface area contributed by atoms with Crippen LogP contribution in [0.4, 0.5) is 0 Å². The van der Waals surface area contributed by atoms with E-state index in [1.54, 1.807) is 11.8 Å². The first-order chi connectivity index (χ1) is 13.2. The van der Waals surface area contributed by atoms with Crippen LogP contribution in [0.25, 0.3) is 17.2 Å². The summed E-state index contributed by atoms with van der Waals surface area (Å²) in [6.45, 7) is 0.467. The summed E-state index contributed by atoms with van der Waals surface area (Å²) in [5.74, 6) is 0.725. The molecule has 0 fully saturated rings. The minimum absolute atomic E-state index is 0.454. The van der Waals surface area contributed by atoms with Gasteiger partial charge in [0.25, 0.3) is 0 Å². The Morgan fingerprint density at radius 1 is 1.00 bits per heavy atom. The van der Waals surface area contributed by atoms with E-state index in [2.05, 4.69) is 0 Å². The zero-order valence-electron chi connectivity index (χ0n) is 14.9. The van der Waals surface area contributed by atoms with Gasteiger partial charge in [0.15, 0.2) is 0 Å². The van der Waals surface area contributed by atoms with E-state index in [1.165, 1.54) is 6.08 Å². The molecular formula is C22H19NO3S. The minimum Gasteiger partial charge on any atom is -0.489 e. The number of rotatable bonds is 7. The Labute approximate surface area is 162 Å². The van der Waals surface area contributed by atoms with Crippen molar-refractivity contribution in [2.45, 2.75) is 11.5 Å². The largest absolute Gasteiger partial charge is 0.489 e. The van der Waals surface area contributed by atoms with Gasteiger partial charge in [-0.15, -0.1) is 11.8 Å². The second-order valence-electron chi connectivity index (χ2n) is 5.82. The lowest BCUT2D eigenvalue weighted by molar-refractivity contribution is -0.400. The van der Waals surface area contributed by atoms with Crippen LogP contribution < -0.4 is 4.74 Å². The Hall–Kier alpha value is -3.05. The first-order valence-electron chi connectivity index (χ1n) is 8.43. The summed E-state index contributed by atoms with van der Waals surface area (Å²) < 4.78 is 5.94. The van der Waals surface area contributed by atoms with Crippen molar-refractivity contribution >= 4 is 17.8 Å². The van der Waals surface area contributed by atoms with E-state index in [0.29, 0.717) is 6.61 Å². The average Bonchev–Trinajstić information content (AvgIpc) is 2.71. The lowest BCUT2D eigenvalue weighted by Crippen LogP contribution is -1.96. The molecule has 0 bridgehead atoms. The van der Waals surface area contributed by atoms with Gasteiger partial charge in [0.1, 0.15) is 12.4 Å². The maximum atomic E-state index is 10.8. The molecular weight excluding hydrogens is 358 g/mol. The predicted octanol–water partition coefficient (Wildman–Crippen LogP) is 5.90. The highest BCUT2D eigenvalue weighted by Crippen LogP contribution is 2.35. The fraction of sp³-hybridized carbons (Fsp3) is 0.0909. The fourth-order valence-electron chi connectivity index (χ4n) is 2.75. The Kier molecular flexibility index (Phi) is 6.28. The first-order valence-corrected chi connectivity index (χ1v) is 9.65. The molecule has 0 aliphatic heterocycles. The maximum Gasteiger partial charge on any atom is 0.235 e. The molecule has 3 aromatic rings. The van der Waals surface area contributed by atoms with Crippen LogP contribution >= 0.6 is 11.8 Å². The minimum atomic E-state index is -0.454. The highest BCUT2D eigenvalue weighted by Gasteiger charge is 2.10. The molecule has 0 heterocycles. The molecule has 27 heavy (non-hydrogen) atoms. The van der Waals surface area contributed by atoms with E-state index in [1.807, 2.05) is 79.1 Å². The van der Waals surface area contributed by atoms with Crippen LogP contribution in [0.15, 0.2) is 83.9 Å². The molecule has 0 spiro atoms. The third-order valence-corrected chi connectivity index (χ3v) is 4.84. The molecule has 0 radical (unpaired) electrons. The molecule has 0 atom stereocenters. The van der Waals surface area contributed by atoms with Crippen LogP contribution in [0, 0.1) is 10.1 Å². The molecule has 0 aliphatic rings. The highest BCUT2D eigenvalue weighted by atomic mass is 32.2. The van der Waals surface area contributed by atoms with Crippen LogP contribution in [0.5, 0.6) is 5.75 Å². The summed E-state index contributed by atoms with van der Waals surface area (Å²) >= 11 is 1.64. The summed E-state index contributed by atoms with van der Waals surface area (Å²) in [6.07, 6.45) is 4.50. The summed E-state index contributed by atoms with van der Waals surface area (Å²) in [5, 5.41) is 10.8. The number of nitrogens with zero attached hydrogens (tertiary/aromatic N) is 1. The molecule has 0 amide bonds. The molecule has 4 nitrogen and oxygen atoms in total. The van der Waals surface area contributed by atoms with Gasteiger partial charge in [-0.1, -0.05) is 54.6 Å². The summed E-state index contributed by atoms with van der Waals surface area (Å²) in [4.78, 5) is 11.4. The van der Waals surface area contributed by atoms with Crippen LogP contribution in [-0.2, 0) is 6.61 Å². The standard InChI is InChI=1S/C22H19NO3S/c1-27-22-10-6-5-9-20(22)21-15-19(12-11-18(21)13-14-23(24)25)26-16-17-7-3-2-4-8-17/h2-15H,16H2,1H3/b14-13+. The van der Waals surface area contributed by atoms with Crippen molar-refractivity contribution in [3.63, 3.8) is 0 Å². The average molecular weight is 377 g/mol. The number of hydrogen-bond acceptors (Lipinski definition) is 4. The van der Waals surface area contributed by atoms with Gasteiger partial charge in [-0.2, -0.15) is 0 Å². The monoisotopic (exact) mass is 377 g/mol. The van der Waals surface area contributed by atoms with Crippen molar-refractivity contribution in [3.8, 4) is 16.9 Å². The van der Waals surface area contributed by atoms with Gasteiger partial charge in [0.05, 0.1) is 4.92 Å². The van der Waals surface area contributed by atoms with Gasteiger partial charge in [-0.25, -0.2) is 0 Å². The predicted molar refractivity (Wildman–Crippen MR) is 110 cm³/mol. The first kappa shape index (κ1) is 18.7. The summed E-state index contributed by atoms with van der Waals surface area (Å²) in [7, 11) is 0. The quantitative estimate of drug-likeness (QED) is 0.292. The van der Waals surface area contributed by atoms with Crippen molar-refractivity contribution in [2.24, 2.45) is 0 Å². The number of thioether (sulfide) groups is 1. The normalized spacial score (nSPS) is 10.9. The van der Waals surface area contributed by atoms with Gasteiger partial charge in [-0.05, 0) is 46.7 Å². The van der Waals surface area contributed by atoms with Crippen molar-refractivity contribution in [2.75, 3.05) is 6.26 Å². The van der Waals surface area contributed by atoms with E-state index in [0.717, 1.165) is 39.1 Å². The highest BCUT2D eigenvalue weighted by molar-refractivity contribution is 7.98. The van der Waals surface area contributed by atoms with Crippen LogP contribution in [0.1, 0.15) is 11.1 Å². The molecule has 0 saturated carbocycles. The van der Waals surface area contributed by atoms with E-state index < -0.39 is 4.92 Å². The van der Waals surface area contributed by atoms with Crippen LogP contribution in [0.2, 0.25) is 0 Å². The Balaban J connectivity index is 1.97. The molecule has 136 valence electrons. The van der Waals surface area contributed by atoms with E-state index in [9.17, 15) is 10.1 Å². The zero-order valence-corrected chi connectivity index (χ0v) is 15.7. The second kappa shape index (κ2) is 9.05. The smallest absolute Gasteiger partial charge is 0.235 e. The Morgan fingerprint density at radius 3 is 2.48 bits per heavy atom. The second-order valence-corrected chi connectivity index (χ2v) is 6.67. The van der Waals surface area contributed by atoms with Gasteiger partial charge >= 0.3 is 0 Å². The van der Waals surface area contributed by atoms with Crippen molar-refractivity contribution in [1.82, 2.24) is 0 Å². The van der Waals surface area contributed by atoms with Gasteiger partial charge in [0.2, 0.25) is 6.20 Å². The van der Waals surface area contributed by atoms with Crippen LogP contribution in [-0.4, -0.2) is 11.2 Å². The molecule has 3 aromatic carbocycles. The van der Waals surface area contributed by atoms with Gasteiger partial charge in [-0.3, -0.25) is 10.1 Å². The SMILES string of the molecule is CSc1ccccc1-c1cc(OCc2ccccc2)ccc1/C=C/[N+](=O)[O-]. The summed E-state index contributed by atoms with van der Waals surface area (Å²) in [6, 6.07) is 23.6. The number of benzene rings is 3. The Bertz CT molecular complexity index is 955. The maximum absolute atomic E-state index is 10.8. The topological polar surface area (TPSA) is 52.4 Å². The number of hydrogen-bond donors (Lipinski definition) is 0. The molecule has 5 heteroatoms. The fourth-order valence-corrected chi connectivity index (χ4v) is 3.37.